The zero-order valence-corrected chi connectivity index (χ0v) is 13.5. The number of halogens is 4. The van der Waals surface area contributed by atoms with Gasteiger partial charge in [-0.3, -0.25) is 4.79 Å². The van der Waals surface area contributed by atoms with E-state index in [4.69, 9.17) is 0 Å². The molecule has 1 rings (SSSR count). The second-order valence-corrected chi connectivity index (χ2v) is 6.15. The summed E-state index contributed by atoms with van der Waals surface area (Å²) < 4.78 is 37.9. The first-order valence-electron chi connectivity index (χ1n) is 5.96. The van der Waals surface area contributed by atoms with Gasteiger partial charge in [-0.15, -0.1) is 11.8 Å². The summed E-state index contributed by atoms with van der Waals surface area (Å²) in [6, 6.07) is 5.59. The van der Waals surface area contributed by atoms with Crippen molar-refractivity contribution in [3.05, 3.63) is 28.2 Å². The Morgan fingerprint density at radius 3 is 2.55 bits per heavy atom. The molecule has 1 amide bonds. The van der Waals surface area contributed by atoms with Crippen molar-refractivity contribution in [1.29, 1.82) is 0 Å². The number of rotatable bonds is 5. The molecule has 0 radical (unpaired) electrons. The van der Waals surface area contributed by atoms with Gasteiger partial charge in [0.1, 0.15) is 6.54 Å². The van der Waals surface area contributed by atoms with Crippen molar-refractivity contribution in [3.8, 4) is 0 Å². The molecule has 1 aromatic carbocycles. The summed E-state index contributed by atoms with van der Waals surface area (Å²) >= 11 is 4.59. The molecule has 0 N–H and O–H groups in total. The van der Waals surface area contributed by atoms with Gasteiger partial charge < -0.3 is 4.90 Å². The van der Waals surface area contributed by atoms with E-state index in [-0.39, 0.29) is 12.3 Å². The normalized spacial score (nSPS) is 11.5. The molecule has 0 fully saturated rings. The van der Waals surface area contributed by atoms with Gasteiger partial charge in [0, 0.05) is 15.9 Å². The Hall–Kier alpha value is -0.690. The van der Waals surface area contributed by atoms with Gasteiger partial charge in [-0.05, 0) is 37.6 Å². The molecule has 0 spiro atoms. The molecule has 0 saturated carbocycles. The quantitative estimate of drug-likeness (QED) is 0.722. The van der Waals surface area contributed by atoms with Gasteiger partial charge in [0.2, 0.25) is 5.91 Å². The van der Waals surface area contributed by atoms with E-state index in [1.165, 1.54) is 11.8 Å². The highest BCUT2D eigenvalue weighted by atomic mass is 79.9. The van der Waals surface area contributed by atoms with Crippen LogP contribution in [0.4, 0.5) is 13.2 Å². The fourth-order valence-electron chi connectivity index (χ4n) is 1.60. The molecule has 0 aliphatic carbocycles. The van der Waals surface area contributed by atoms with Crippen molar-refractivity contribution in [1.82, 2.24) is 4.90 Å². The SMILES string of the molecule is CCN(CC(F)(F)F)C(=O)CSc1ccc(Br)cc1C. The van der Waals surface area contributed by atoms with Crippen molar-refractivity contribution in [2.75, 3.05) is 18.8 Å². The second-order valence-electron chi connectivity index (χ2n) is 4.22. The summed E-state index contributed by atoms with van der Waals surface area (Å²) in [4.78, 5) is 13.5. The maximum Gasteiger partial charge on any atom is 0.406 e. The van der Waals surface area contributed by atoms with Crippen LogP contribution >= 0.6 is 27.7 Å². The molecule has 7 heteroatoms. The van der Waals surface area contributed by atoms with Crippen LogP contribution in [-0.2, 0) is 4.79 Å². The highest BCUT2D eigenvalue weighted by molar-refractivity contribution is 9.10. The van der Waals surface area contributed by atoms with Crippen LogP contribution in [0.15, 0.2) is 27.6 Å². The van der Waals surface area contributed by atoms with Gasteiger partial charge in [0.05, 0.1) is 5.75 Å². The average molecular weight is 370 g/mol. The standard InChI is InChI=1S/C13H15BrF3NOS/c1-3-18(8-13(15,16)17)12(19)7-20-11-5-4-10(14)6-9(11)2/h4-6H,3,7-8H2,1-2H3. The monoisotopic (exact) mass is 369 g/mol. The number of benzene rings is 1. The summed E-state index contributed by atoms with van der Waals surface area (Å²) in [5.74, 6) is -0.496. The molecule has 0 atom stereocenters. The molecule has 20 heavy (non-hydrogen) atoms. The minimum absolute atomic E-state index is 0.00634. The van der Waals surface area contributed by atoms with Crippen molar-refractivity contribution in [2.24, 2.45) is 0 Å². The van der Waals surface area contributed by atoms with Gasteiger partial charge in [-0.1, -0.05) is 15.9 Å². The van der Waals surface area contributed by atoms with Crippen LogP contribution in [0.1, 0.15) is 12.5 Å². The molecule has 0 bridgehead atoms. The summed E-state index contributed by atoms with van der Waals surface area (Å²) in [6.45, 7) is 2.30. The zero-order chi connectivity index (χ0) is 15.3. The first-order chi connectivity index (χ1) is 9.23. The first kappa shape index (κ1) is 17.4. The lowest BCUT2D eigenvalue weighted by Gasteiger charge is -2.22. The minimum Gasteiger partial charge on any atom is -0.333 e. The van der Waals surface area contributed by atoms with Gasteiger partial charge in [0.15, 0.2) is 0 Å². The lowest BCUT2D eigenvalue weighted by molar-refractivity contribution is -0.159. The first-order valence-corrected chi connectivity index (χ1v) is 7.74. The third-order valence-corrected chi connectivity index (χ3v) is 4.25. The molecule has 0 aliphatic heterocycles. The number of alkyl halides is 3. The van der Waals surface area contributed by atoms with E-state index < -0.39 is 18.6 Å². The topological polar surface area (TPSA) is 20.3 Å². The Kier molecular flexibility index (Phi) is 6.39. The zero-order valence-electron chi connectivity index (χ0n) is 11.1. The predicted molar refractivity (Wildman–Crippen MR) is 77.9 cm³/mol. The summed E-state index contributed by atoms with van der Waals surface area (Å²) in [6.07, 6.45) is -4.36. The fourth-order valence-corrected chi connectivity index (χ4v) is 2.99. The Bertz CT molecular complexity index is 479. The van der Waals surface area contributed by atoms with Crippen LogP contribution in [0, 0.1) is 6.92 Å². The van der Waals surface area contributed by atoms with Crippen molar-refractivity contribution < 1.29 is 18.0 Å². The lowest BCUT2D eigenvalue weighted by Crippen LogP contribution is -2.39. The number of hydrogen-bond donors (Lipinski definition) is 0. The van der Waals surface area contributed by atoms with E-state index in [0.717, 1.165) is 19.8 Å². The minimum atomic E-state index is -4.36. The van der Waals surface area contributed by atoms with Crippen molar-refractivity contribution >= 4 is 33.6 Å². The average Bonchev–Trinajstić information content (AvgIpc) is 2.33. The smallest absolute Gasteiger partial charge is 0.333 e. The molecule has 112 valence electrons. The molecular weight excluding hydrogens is 355 g/mol. The van der Waals surface area contributed by atoms with Crippen LogP contribution in [0.25, 0.3) is 0 Å². The highest BCUT2D eigenvalue weighted by Gasteiger charge is 2.32. The van der Waals surface area contributed by atoms with Gasteiger partial charge in [-0.2, -0.15) is 13.2 Å². The molecule has 0 aromatic heterocycles. The number of aryl methyl sites for hydroxylation is 1. The molecule has 1 aromatic rings. The van der Waals surface area contributed by atoms with Crippen LogP contribution in [0.5, 0.6) is 0 Å². The summed E-state index contributed by atoms with van der Waals surface area (Å²) in [5, 5.41) is 0. The van der Waals surface area contributed by atoms with Crippen molar-refractivity contribution in [2.45, 2.75) is 24.9 Å². The van der Waals surface area contributed by atoms with E-state index >= 15 is 0 Å². The van der Waals surface area contributed by atoms with Crippen LogP contribution in [-0.4, -0.2) is 35.8 Å². The second kappa shape index (κ2) is 7.36. The number of carbonyl (C=O) groups is 1. The summed E-state index contributed by atoms with van der Waals surface area (Å²) in [5.41, 5.74) is 0.982. The molecule has 2 nitrogen and oxygen atoms in total. The van der Waals surface area contributed by atoms with Crippen LogP contribution in [0.2, 0.25) is 0 Å². The molecule has 0 heterocycles. The highest BCUT2D eigenvalue weighted by Crippen LogP contribution is 2.26. The third kappa shape index (κ3) is 5.75. The largest absolute Gasteiger partial charge is 0.406 e. The number of hydrogen-bond acceptors (Lipinski definition) is 2. The van der Waals surface area contributed by atoms with E-state index in [1.54, 1.807) is 6.92 Å². The van der Waals surface area contributed by atoms with E-state index in [0.29, 0.717) is 0 Å². The van der Waals surface area contributed by atoms with E-state index in [9.17, 15) is 18.0 Å². The Morgan fingerprint density at radius 1 is 1.40 bits per heavy atom. The predicted octanol–water partition coefficient (Wildman–Crippen LogP) is 4.26. The van der Waals surface area contributed by atoms with Crippen molar-refractivity contribution in [3.63, 3.8) is 0 Å². The van der Waals surface area contributed by atoms with Crippen LogP contribution in [0.3, 0.4) is 0 Å². The summed E-state index contributed by atoms with van der Waals surface area (Å²) in [7, 11) is 0. The Labute approximate surface area is 128 Å². The Morgan fingerprint density at radius 2 is 2.05 bits per heavy atom. The molecular formula is C13H15BrF3NOS. The van der Waals surface area contributed by atoms with E-state index in [1.807, 2.05) is 25.1 Å². The van der Waals surface area contributed by atoms with E-state index in [2.05, 4.69) is 15.9 Å². The molecule has 0 unspecified atom stereocenters. The van der Waals surface area contributed by atoms with Gasteiger partial charge in [-0.25, -0.2) is 0 Å². The number of carbonyl (C=O) groups excluding carboxylic acids is 1. The fraction of sp³-hybridized carbons (Fsp3) is 0.462. The van der Waals surface area contributed by atoms with Crippen LogP contribution < -0.4 is 0 Å². The maximum absolute atomic E-state index is 12.3. The Balaban J connectivity index is 2.61. The third-order valence-electron chi connectivity index (χ3n) is 2.59. The lowest BCUT2D eigenvalue weighted by atomic mass is 10.2. The molecule has 0 aliphatic rings. The molecule has 0 saturated heterocycles. The number of amides is 1. The number of nitrogens with zero attached hydrogens (tertiary/aromatic N) is 1. The van der Waals surface area contributed by atoms with Gasteiger partial charge in [0.25, 0.3) is 0 Å². The van der Waals surface area contributed by atoms with Gasteiger partial charge >= 0.3 is 6.18 Å². The number of thioether (sulfide) groups is 1. The maximum atomic E-state index is 12.3.